The van der Waals surface area contributed by atoms with Crippen LogP contribution in [0, 0.1) is 0 Å². The van der Waals surface area contributed by atoms with Gasteiger partial charge in [0.25, 0.3) is 0 Å². The monoisotopic (exact) mass is 285 g/mol. The molecule has 2 aromatic rings. The van der Waals surface area contributed by atoms with Crippen molar-refractivity contribution in [2.75, 3.05) is 5.73 Å². The Morgan fingerprint density at radius 1 is 1.33 bits per heavy atom. The quantitative estimate of drug-likeness (QED) is 0.824. The minimum atomic E-state index is 0.166. The Labute approximate surface area is 126 Å². The molecule has 0 atom stereocenters. The Morgan fingerprint density at radius 3 is 2.52 bits per heavy atom. The van der Waals surface area contributed by atoms with Crippen molar-refractivity contribution >= 4 is 5.82 Å². The molecule has 4 nitrogen and oxygen atoms in total. The van der Waals surface area contributed by atoms with Gasteiger partial charge in [0.1, 0.15) is 23.1 Å². The van der Waals surface area contributed by atoms with Gasteiger partial charge in [-0.2, -0.15) is 0 Å². The number of ether oxygens (including phenoxy) is 1. The number of hydrogen-bond acceptors (Lipinski definition) is 3. The number of rotatable bonds is 6. The van der Waals surface area contributed by atoms with E-state index in [0.717, 1.165) is 29.3 Å². The summed E-state index contributed by atoms with van der Waals surface area (Å²) in [6.07, 6.45) is 2.84. The van der Waals surface area contributed by atoms with Crippen molar-refractivity contribution in [2.45, 2.75) is 39.8 Å². The first kappa shape index (κ1) is 15.2. The number of hydrogen-bond donors (Lipinski definition) is 1. The molecule has 4 heteroatoms. The molecule has 0 amide bonds. The maximum absolute atomic E-state index is 6.24. The van der Waals surface area contributed by atoms with E-state index in [1.165, 1.54) is 0 Å². The lowest BCUT2D eigenvalue weighted by Gasteiger charge is -2.10. The summed E-state index contributed by atoms with van der Waals surface area (Å²) in [5.74, 6) is 2.52. The lowest BCUT2D eigenvalue weighted by molar-refractivity contribution is 0.242. The number of aromatic nitrogens is 2. The third-order valence-corrected chi connectivity index (χ3v) is 3.21. The van der Waals surface area contributed by atoms with E-state index in [4.69, 9.17) is 10.5 Å². The number of anilines is 1. The number of nitrogen functional groups attached to an aromatic ring is 1. The Bertz CT molecular complexity index is 612. The van der Waals surface area contributed by atoms with Crippen molar-refractivity contribution in [3.63, 3.8) is 0 Å². The van der Waals surface area contributed by atoms with Crippen LogP contribution in [0.15, 0.2) is 36.9 Å². The van der Waals surface area contributed by atoms with Crippen molar-refractivity contribution in [1.82, 2.24) is 9.55 Å². The fraction of sp³-hybridized carbons (Fsp3) is 0.353. The van der Waals surface area contributed by atoms with E-state index >= 15 is 0 Å². The van der Waals surface area contributed by atoms with Crippen LogP contribution in [-0.2, 0) is 13.0 Å². The normalized spacial score (nSPS) is 10.9. The van der Waals surface area contributed by atoms with E-state index in [1.54, 1.807) is 0 Å². The van der Waals surface area contributed by atoms with Crippen LogP contribution in [0.1, 0.15) is 26.6 Å². The zero-order valence-electron chi connectivity index (χ0n) is 13.0. The molecule has 0 bridgehead atoms. The molecule has 1 aromatic heterocycles. The third-order valence-electron chi connectivity index (χ3n) is 3.21. The lowest BCUT2D eigenvalue weighted by Crippen LogP contribution is -2.05. The second kappa shape index (κ2) is 6.48. The number of benzene rings is 1. The molecule has 0 aliphatic carbocycles. The molecule has 0 spiro atoms. The molecule has 0 saturated heterocycles. The summed E-state index contributed by atoms with van der Waals surface area (Å²) in [5, 5.41) is 0. The van der Waals surface area contributed by atoms with Crippen LogP contribution in [0.5, 0.6) is 5.75 Å². The predicted octanol–water partition coefficient (Wildman–Crippen LogP) is 3.67. The first-order valence-electron chi connectivity index (χ1n) is 7.29. The number of imidazole rings is 1. The molecule has 0 aliphatic rings. The summed E-state index contributed by atoms with van der Waals surface area (Å²) < 4.78 is 7.65. The summed E-state index contributed by atoms with van der Waals surface area (Å²) >= 11 is 0. The minimum Gasteiger partial charge on any atom is -0.491 e. The van der Waals surface area contributed by atoms with Crippen LogP contribution in [-0.4, -0.2) is 15.7 Å². The summed E-state index contributed by atoms with van der Waals surface area (Å²) in [5.41, 5.74) is 8.06. The average molecular weight is 285 g/mol. The molecule has 21 heavy (non-hydrogen) atoms. The van der Waals surface area contributed by atoms with Crippen LogP contribution in [0.4, 0.5) is 5.82 Å². The Balaban J connectivity index is 2.35. The van der Waals surface area contributed by atoms with Gasteiger partial charge in [-0.1, -0.05) is 13.0 Å². The highest BCUT2D eigenvalue weighted by atomic mass is 16.5. The standard InChI is InChI=1S/C17H23N3O/c1-5-11-20-15(6-2)19-16(17(20)18)13-7-9-14(10-8-13)21-12(3)4/h5,7-10,12H,1,6,11,18H2,2-4H3. The molecular formula is C17H23N3O. The van der Waals surface area contributed by atoms with Gasteiger partial charge in [0, 0.05) is 18.5 Å². The van der Waals surface area contributed by atoms with Crippen molar-refractivity contribution in [3.8, 4) is 17.0 Å². The molecule has 0 radical (unpaired) electrons. The molecule has 0 unspecified atom stereocenters. The molecule has 112 valence electrons. The van der Waals surface area contributed by atoms with Crippen molar-refractivity contribution in [2.24, 2.45) is 0 Å². The maximum Gasteiger partial charge on any atom is 0.132 e. The molecule has 0 fully saturated rings. The number of nitrogens with two attached hydrogens (primary N) is 1. The fourth-order valence-corrected chi connectivity index (χ4v) is 2.29. The molecule has 1 aromatic carbocycles. The topological polar surface area (TPSA) is 53.1 Å². The van der Waals surface area contributed by atoms with Crippen LogP contribution in [0.2, 0.25) is 0 Å². The smallest absolute Gasteiger partial charge is 0.132 e. The number of nitrogens with zero attached hydrogens (tertiary/aromatic N) is 2. The van der Waals surface area contributed by atoms with E-state index < -0.39 is 0 Å². The van der Waals surface area contributed by atoms with E-state index in [-0.39, 0.29) is 6.10 Å². The van der Waals surface area contributed by atoms with Gasteiger partial charge in [-0.3, -0.25) is 0 Å². The second-order valence-corrected chi connectivity index (χ2v) is 5.21. The second-order valence-electron chi connectivity index (χ2n) is 5.21. The summed E-state index contributed by atoms with van der Waals surface area (Å²) in [7, 11) is 0. The van der Waals surface area contributed by atoms with Gasteiger partial charge in [-0.15, -0.1) is 6.58 Å². The summed E-state index contributed by atoms with van der Waals surface area (Å²) in [6, 6.07) is 7.89. The highest BCUT2D eigenvalue weighted by Gasteiger charge is 2.14. The zero-order chi connectivity index (χ0) is 15.4. The first-order chi connectivity index (χ1) is 10.1. The molecule has 2 N–H and O–H groups in total. The minimum absolute atomic E-state index is 0.166. The summed E-state index contributed by atoms with van der Waals surface area (Å²) in [4.78, 5) is 4.66. The molecular weight excluding hydrogens is 262 g/mol. The Hall–Kier alpha value is -2.23. The number of allylic oxidation sites excluding steroid dienone is 1. The Kier molecular flexibility index (Phi) is 4.68. The Morgan fingerprint density at radius 2 is 2.00 bits per heavy atom. The van der Waals surface area contributed by atoms with E-state index in [9.17, 15) is 0 Å². The molecule has 0 saturated carbocycles. The van der Waals surface area contributed by atoms with Gasteiger partial charge < -0.3 is 15.0 Å². The fourth-order valence-electron chi connectivity index (χ4n) is 2.29. The van der Waals surface area contributed by atoms with Gasteiger partial charge >= 0.3 is 0 Å². The van der Waals surface area contributed by atoms with Crippen LogP contribution >= 0.6 is 0 Å². The van der Waals surface area contributed by atoms with Crippen LogP contribution in [0.25, 0.3) is 11.3 Å². The maximum atomic E-state index is 6.24. The largest absolute Gasteiger partial charge is 0.491 e. The van der Waals surface area contributed by atoms with E-state index in [0.29, 0.717) is 12.4 Å². The van der Waals surface area contributed by atoms with Gasteiger partial charge in [0.2, 0.25) is 0 Å². The highest BCUT2D eigenvalue weighted by molar-refractivity contribution is 5.71. The lowest BCUT2D eigenvalue weighted by atomic mass is 10.1. The van der Waals surface area contributed by atoms with E-state index in [2.05, 4.69) is 18.5 Å². The third kappa shape index (κ3) is 3.27. The van der Waals surface area contributed by atoms with Gasteiger partial charge in [-0.25, -0.2) is 4.98 Å². The zero-order valence-corrected chi connectivity index (χ0v) is 13.0. The average Bonchev–Trinajstić information content (AvgIpc) is 2.77. The van der Waals surface area contributed by atoms with Crippen LogP contribution in [0.3, 0.4) is 0 Å². The summed E-state index contributed by atoms with van der Waals surface area (Å²) in [6.45, 7) is 10.5. The molecule has 1 heterocycles. The first-order valence-corrected chi connectivity index (χ1v) is 7.29. The SMILES string of the molecule is C=CCn1c(CC)nc(-c2ccc(OC(C)C)cc2)c1N. The van der Waals surface area contributed by atoms with Crippen LogP contribution < -0.4 is 10.5 Å². The van der Waals surface area contributed by atoms with E-state index in [1.807, 2.05) is 48.8 Å². The van der Waals surface area contributed by atoms with Crippen molar-refractivity contribution in [3.05, 3.63) is 42.7 Å². The number of aryl methyl sites for hydroxylation is 1. The van der Waals surface area contributed by atoms with Gasteiger partial charge in [-0.05, 0) is 38.1 Å². The highest BCUT2D eigenvalue weighted by Crippen LogP contribution is 2.28. The van der Waals surface area contributed by atoms with Crippen molar-refractivity contribution in [1.29, 1.82) is 0 Å². The molecule has 2 rings (SSSR count). The van der Waals surface area contributed by atoms with Gasteiger partial charge in [0.05, 0.1) is 6.10 Å². The van der Waals surface area contributed by atoms with Gasteiger partial charge in [0.15, 0.2) is 0 Å². The predicted molar refractivity (Wildman–Crippen MR) is 87.4 cm³/mol. The van der Waals surface area contributed by atoms with Crippen molar-refractivity contribution < 1.29 is 4.74 Å². The molecule has 0 aliphatic heterocycles.